The normalized spacial score (nSPS) is 35.2. The van der Waals surface area contributed by atoms with Crippen LogP contribution in [0.1, 0.15) is 39.5 Å². The van der Waals surface area contributed by atoms with Gasteiger partial charge in [-0.1, -0.05) is 30.3 Å². The van der Waals surface area contributed by atoms with E-state index in [1.807, 2.05) is 37.3 Å². The summed E-state index contributed by atoms with van der Waals surface area (Å²) in [5, 5.41) is 0. The lowest BCUT2D eigenvalue weighted by molar-refractivity contribution is -0.273. The molecule has 0 aromatic heterocycles. The summed E-state index contributed by atoms with van der Waals surface area (Å²) in [7, 11) is 1.53. The number of hydrogen-bond donors (Lipinski definition) is 0. The molecule has 25 heavy (non-hydrogen) atoms. The highest BCUT2D eigenvalue weighted by Gasteiger charge is 2.54. The Morgan fingerprint density at radius 3 is 2.28 bits per heavy atom. The van der Waals surface area contributed by atoms with E-state index in [0.29, 0.717) is 0 Å². The molecule has 2 aliphatic rings. The largest absolute Gasteiger partial charge is 0.454 e. The van der Waals surface area contributed by atoms with Gasteiger partial charge in [0.15, 0.2) is 18.7 Å². The van der Waals surface area contributed by atoms with Crippen molar-refractivity contribution in [1.29, 1.82) is 0 Å². The summed E-state index contributed by atoms with van der Waals surface area (Å²) in [6, 6.07) is 9.68. The first-order chi connectivity index (χ1) is 11.8. The fourth-order valence-electron chi connectivity index (χ4n) is 3.02. The van der Waals surface area contributed by atoms with Gasteiger partial charge in [0.1, 0.15) is 12.2 Å². The van der Waals surface area contributed by atoms with Crippen LogP contribution >= 0.6 is 0 Å². The number of carbonyl (C=O) groups is 1. The number of benzene rings is 1. The summed E-state index contributed by atoms with van der Waals surface area (Å²) < 4.78 is 29.1. The molecule has 6 atom stereocenters. The second-order valence-electron chi connectivity index (χ2n) is 7.51. The van der Waals surface area contributed by atoms with Crippen LogP contribution in [-0.4, -0.2) is 43.8 Å². The van der Waals surface area contributed by atoms with Gasteiger partial charge in [0.25, 0.3) is 0 Å². The molecule has 0 bridgehead atoms. The highest BCUT2D eigenvalue weighted by Crippen LogP contribution is 2.40. The summed E-state index contributed by atoms with van der Waals surface area (Å²) in [4.78, 5) is 12.4. The van der Waals surface area contributed by atoms with Crippen LogP contribution in [0.5, 0.6) is 0 Å². The van der Waals surface area contributed by atoms with E-state index < -0.39 is 30.2 Å². The number of carbonyl (C=O) groups excluding carboxylic acids is 1. The molecule has 2 saturated heterocycles. The van der Waals surface area contributed by atoms with Crippen molar-refractivity contribution in [2.75, 3.05) is 7.11 Å². The molecule has 0 amide bonds. The zero-order valence-corrected chi connectivity index (χ0v) is 15.3. The smallest absolute Gasteiger partial charge is 0.311 e. The number of fused-ring (bicyclic) bond motifs is 1. The third kappa shape index (κ3) is 3.72. The number of rotatable bonds is 3. The minimum absolute atomic E-state index is 0.242. The molecule has 0 saturated carbocycles. The summed E-state index contributed by atoms with van der Waals surface area (Å²) in [6.45, 7) is 7.32. The van der Waals surface area contributed by atoms with E-state index >= 15 is 0 Å². The maximum absolute atomic E-state index is 12.4. The second-order valence-corrected chi connectivity index (χ2v) is 7.51. The van der Waals surface area contributed by atoms with Gasteiger partial charge in [-0.15, -0.1) is 0 Å². The first-order valence-electron chi connectivity index (χ1n) is 8.56. The molecule has 6 nitrogen and oxygen atoms in total. The van der Waals surface area contributed by atoms with Gasteiger partial charge in [0.05, 0.1) is 11.5 Å². The highest BCUT2D eigenvalue weighted by atomic mass is 16.8. The van der Waals surface area contributed by atoms with Crippen LogP contribution in [-0.2, 0) is 28.5 Å². The highest BCUT2D eigenvalue weighted by molar-refractivity contribution is 5.75. The van der Waals surface area contributed by atoms with Crippen molar-refractivity contribution in [3.05, 3.63) is 35.9 Å². The van der Waals surface area contributed by atoms with Gasteiger partial charge in [-0.25, -0.2) is 0 Å². The van der Waals surface area contributed by atoms with Crippen molar-refractivity contribution in [1.82, 2.24) is 0 Å². The molecule has 2 heterocycles. The van der Waals surface area contributed by atoms with Crippen LogP contribution in [0.15, 0.2) is 30.3 Å². The Morgan fingerprint density at radius 1 is 1.04 bits per heavy atom. The van der Waals surface area contributed by atoms with Gasteiger partial charge in [0.2, 0.25) is 0 Å². The molecule has 0 radical (unpaired) electrons. The van der Waals surface area contributed by atoms with Crippen molar-refractivity contribution >= 4 is 5.97 Å². The van der Waals surface area contributed by atoms with Crippen molar-refractivity contribution in [3.63, 3.8) is 0 Å². The molecule has 6 heteroatoms. The van der Waals surface area contributed by atoms with E-state index in [1.54, 1.807) is 20.8 Å². The summed E-state index contributed by atoms with van der Waals surface area (Å²) in [6.07, 6.45) is -2.94. The van der Waals surface area contributed by atoms with Crippen LogP contribution in [0.4, 0.5) is 0 Å². The molecule has 2 fully saturated rings. The van der Waals surface area contributed by atoms with E-state index in [-0.39, 0.29) is 18.2 Å². The van der Waals surface area contributed by atoms with E-state index in [9.17, 15) is 4.79 Å². The van der Waals surface area contributed by atoms with Crippen LogP contribution in [0.25, 0.3) is 0 Å². The predicted molar refractivity (Wildman–Crippen MR) is 89.6 cm³/mol. The lowest BCUT2D eigenvalue weighted by Gasteiger charge is -2.40. The monoisotopic (exact) mass is 350 g/mol. The SMILES string of the molecule is CO[C@@H]1O[C@@H](C)[C@H]2O[C@@H](c3ccccc3)O[C@H]2[C@@H]1OC(=O)C(C)(C)C. The molecule has 0 unspecified atom stereocenters. The van der Waals surface area contributed by atoms with Crippen molar-refractivity contribution in [3.8, 4) is 0 Å². The van der Waals surface area contributed by atoms with Gasteiger partial charge < -0.3 is 23.7 Å². The summed E-state index contributed by atoms with van der Waals surface area (Å²) in [5.74, 6) is -0.330. The van der Waals surface area contributed by atoms with Gasteiger partial charge in [-0.2, -0.15) is 0 Å². The molecule has 1 aromatic rings. The number of methoxy groups -OCH3 is 1. The Bertz CT molecular complexity index is 596. The fourth-order valence-corrected chi connectivity index (χ4v) is 3.02. The molecule has 3 rings (SSSR count). The zero-order chi connectivity index (χ0) is 18.2. The quantitative estimate of drug-likeness (QED) is 0.781. The van der Waals surface area contributed by atoms with E-state index in [0.717, 1.165) is 5.56 Å². The minimum Gasteiger partial charge on any atom is -0.454 e. The zero-order valence-electron chi connectivity index (χ0n) is 15.3. The average Bonchev–Trinajstić information content (AvgIpc) is 3.03. The molecule has 0 spiro atoms. The van der Waals surface area contributed by atoms with Crippen molar-refractivity contribution < 1.29 is 28.5 Å². The molecule has 1 aromatic carbocycles. The number of esters is 1. The Kier molecular flexibility index (Phi) is 5.16. The standard InChI is InChI=1S/C19H26O6/c1-11-13-14(24-16(23-13)12-9-7-6-8-10-12)15(17(21-5)22-11)25-18(20)19(2,3)4/h6-11,13-17H,1-5H3/t11-,13+,14+,15-,16+,17+/m0/s1. The lowest BCUT2D eigenvalue weighted by atomic mass is 9.96. The maximum Gasteiger partial charge on any atom is 0.311 e. The lowest BCUT2D eigenvalue weighted by Crippen LogP contribution is -2.57. The third-order valence-electron chi connectivity index (χ3n) is 4.45. The fraction of sp³-hybridized carbons (Fsp3) is 0.632. The number of hydrogen-bond acceptors (Lipinski definition) is 6. The van der Waals surface area contributed by atoms with Crippen LogP contribution in [0.3, 0.4) is 0 Å². The third-order valence-corrected chi connectivity index (χ3v) is 4.45. The van der Waals surface area contributed by atoms with Gasteiger partial charge >= 0.3 is 5.97 Å². The topological polar surface area (TPSA) is 63.2 Å². The Balaban J connectivity index is 1.82. The predicted octanol–water partition coefficient (Wildman–Crippen LogP) is 2.82. The summed E-state index contributed by atoms with van der Waals surface area (Å²) >= 11 is 0. The van der Waals surface area contributed by atoms with Crippen LogP contribution in [0, 0.1) is 5.41 Å². The minimum atomic E-state index is -0.694. The molecule has 138 valence electrons. The first-order valence-corrected chi connectivity index (χ1v) is 8.56. The average molecular weight is 350 g/mol. The molecular formula is C19H26O6. The summed E-state index contributed by atoms with van der Waals surface area (Å²) in [5.41, 5.74) is 0.286. The van der Waals surface area contributed by atoms with Gasteiger partial charge in [-0.3, -0.25) is 4.79 Å². The van der Waals surface area contributed by atoms with E-state index in [4.69, 9.17) is 23.7 Å². The second kappa shape index (κ2) is 7.03. The van der Waals surface area contributed by atoms with Crippen molar-refractivity contribution in [2.24, 2.45) is 5.41 Å². The van der Waals surface area contributed by atoms with Crippen molar-refractivity contribution in [2.45, 2.75) is 64.7 Å². The Hall–Kier alpha value is -1.47. The molecule has 2 aliphatic heterocycles. The first kappa shape index (κ1) is 18.3. The van der Waals surface area contributed by atoms with Gasteiger partial charge in [-0.05, 0) is 27.7 Å². The van der Waals surface area contributed by atoms with E-state index in [2.05, 4.69) is 0 Å². The molecule has 0 N–H and O–H groups in total. The maximum atomic E-state index is 12.4. The molecular weight excluding hydrogens is 324 g/mol. The van der Waals surface area contributed by atoms with Crippen LogP contribution < -0.4 is 0 Å². The Morgan fingerprint density at radius 2 is 1.68 bits per heavy atom. The number of ether oxygens (including phenoxy) is 5. The molecule has 0 aliphatic carbocycles. The van der Waals surface area contributed by atoms with Gasteiger partial charge in [0, 0.05) is 12.7 Å². The van der Waals surface area contributed by atoms with Crippen LogP contribution in [0.2, 0.25) is 0 Å². The van der Waals surface area contributed by atoms with E-state index in [1.165, 1.54) is 7.11 Å². The Labute approximate surface area is 148 Å².